The van der Waals surface area contributed by atoms with E-state index in [4.69, 9.17) is 5.73 Å². The molecule has 0 saturated heterocycles. The number of aromatic nitrogens is 2. The summed E-state index contributed by atoms with van der Waals surface area (Å²) >= 11 is 0. The van der Waals surface area contributed by atoms with Crippen molar-refractivity contribution in [3.63, 3.8) is 0 Å². The molecule has 8 nitrogen and oxygen atoms in total. The van der Waals surface area contributed by atoms with E-state index in [-0.39, 0.29) is 42.4 Å². The van der Waals surface area contributed by atoms with Crippen molar-refractivity contribution in [3.05, 3.63) is 51.6 Å². The van der Waals surface area contributed by atoms with Gasteiger partial charge in [0.05, 0.1) is 17.4 Å². The predicted octanol–water partition coefficient (Wildman–Crippen LogP) is 1.64. The largest absolute Gasteiger partial charge is 0.384 e. The third kappa shape index (κ3) is 5.55. The van der Waals surface area contributed by atoms with Crippen LogP contribution in [0, 0.1) is 13.8 Å². The van der Waals surface area contributed by atoms with E-state index < -0.39 is 0 Å². The summed E-state index contributed by atoms with van der Waals surface area (Å²) in [7, 11) is 0. The van der Waals surface area contributed by atoms with Crippen LogP contribution in [0.15, 0.2) is 29.2 Å². The van der Waals surface area contributed by atoms with Crippen LogP contribution in [0.4, 0.5) is 11.5 Å². The zero-order valence-corrected chi connectivity index (χ0v) is 16.5. The number of nitrogens with zero attached hydrogens (tertiary/aromatic N) is 2. The van der Waals surface area contributed by atoms with Gasteiger partial charge < -0.3 is 20.9 Å². The fourth-order valence-corrected chi connectivity index (χ4v) is 2.64. The minimum Gasteiger partial charge on any atom is -0.384 e. The van der Waals surface area contributed by atoms with Crippen LogP contribution in [0.3, 0.4) is 0 Å². The number of amides is 2. The van der Waals surface area contributed by atoms with E-state index in [1.54, 1.807) is 26.0 Å². The molecule has 0 aromatic carbocycles. The highest BCUT2D eigenvalue weighted by Crippen LogP contribution is 2.15. The summed E-state index contributed by atoms with van der Waals surface area (Å²) in [4.78, 5) is 40.9. The molecule has 146 valence electrons. The second-order valence-corrected chi connectivity index (χ2v) is 6.36. The minimum atomic E-state index is -0.385. The topological polar surface area (TPSA) is 119 Å². The van der Waals surface area contributed by atoms with Gasteiger partial charge >= 0.3 is 0 Å². The molecular weight excluding hydrogens is 370 g/mol. The average molecular weight is 394 g/mol. The first-order valence-electron chi connectivity index (χ1n) is 8.22. The average Bonchev–Trinajstić information content (AvgIpc) is 2.52. The van der Waals surface area contributed by atoms with E-state index in [2.05, 4.69) is 15.6 Å². The van der Waals surface area contributed by atoms with Gasteiger partial charge in [-0.05, 0) is 45.4 Å². The maximum atomic E-state index is 12.7. The number of hydrogen-bond donors (Lipinski definition) is 3. The molecule has 0 aliphatic carbocycles. The number of carbonyl (C=O) groups excluding carboxylic acids is 2. The fourth-order valence-electron chi connectivity index (χ4n) is 2.64. The quantitative estimate of drug-likeness (QED) is 0.713. The van der Waals surface area contributed by atoms with Gasteiger partial charge in [-0.3, -0.25) is 14.4 Å². The summed E-state index contributed by atoms with van der Waals surface area (Å²) in [6.07, 6.45) is 1.45. The van der Waals surface area contributed by atoms with Gasteiger partial charge in [-0.2, -0.15) is 0 Å². The number of hydrogen-bond acceptors (Lipinski definition) is 5. The van der Waals surface area contributed by atoms with E-state index in [0.717, 1.165) is 0 Å². The Morgan fingerprint density at radius 3 is 2.48 bits per heavy atom. The summed E-state index contributed by atoms with van der Waals surface area (Å²) in [5.41, 5.74) is 7.00. The van der Waals surface area contributed by atoms with Gasteiger partial charge in [0.1, 0.15) is 12.4 Å². The lowest BCUT2D eigenvalue weighted by atomic mass is 10.1. The van der Waals surface area contributed by atoms with Gasteiger partial charge in [0.15, 0.2) is 0 Å². The Morgan fingerprint density at radius 1 is 1.26 bits per heavy atom. The van der Waals surface area contributed by atoms with Crippen LogP contribution < -0.4 is 21.9 Å². The van der Waals surface area contributed by atoms with Gasteiger partial charge in [0.2, 0.25) is 5.91 Å². The van der Waals surface area contributed by atoms with Crippen molar-refractivity contribution in [1.82, 2.24) is 14.9 Å². The van der Waals surface area contributed by atoms with E-state index in [0.29, 0.717) is 28.3 Å². The van der Waals surface area contributed by atoms with Crippen molar-refractivity contribution < 1.29 is 9.59 Å². The van der Waals surface area contributed by atoms with Crippen molar-refractivity contribution in [3.8, 4) is 0 Å². The van der Waals surface area contributed by atoms with Crippen molar-refractivity contribution >= 4 is 35.7 Å². The Hall–Kier alpha value is -2.87. The van der Waals surface area contributed by atoms with Crippen LogP contribution in [0.1, 0.15) is 35.5 Å². The first-order chi connectivity index (χ1) is 12.2. The number of nitrogens with two attached hydrogens (primary N) is 1. The van der Waals surface area contributed by atoms with Gasteiger partial charge in [0, 0.05) is 17.8 Å². The monoisotopic (exact) mass is 393 g/mol. The van der Waals surface area contributed by atoms with E-state index in [1.807, 2.05) is 13.8 Å². The zero-order valence-electron chi connectivity index (χ0n) is 15.7. The van der Waals surface area contributed by atoms with Gasteiger partial charge in [-0.15, -0.1) is 12.4 Å². The Balaban J connectivity index is 0.00000364. The normalized spacial score (nSPS) is 10.3. The maximum Gasteiger partial charge on any atom is 0.257 e. The van der Waals surface area contributed by atoms with Crippen LogP contribution in [0.25, 0.3) is 0 Å². The summed E-state index contributed by atoms with van der Waals surface area (Å²) in [6, 6.07) is 4.53. The third-order valence-corrected chi connectivity index (χ3v) is 3.79. The summed E-state index contributed by atoms with van der Waals surface area (Å²) in [5, 5.41) is 5.46. The molecule has 2 heterocycles. The molecule has 2 aromatic rings. The lowest BCUT2D eigenvalue weighted by Gasteiger charge is -2.17. The molecule has 0 unspecified atom stereocenters. The molecule has 0 fully saturated rings. The first kappa shape index (κ1) is 22.2. The summed E-state index contributed by atoms with van der Waals surface area (Å²) in [6.45, 7) is 6.85. The Labute approximate surface area is 163 Å². The number of halogens is 1. The molecule has 0 atom stereocenters. The number of nitrogen functional groups attached to an aromatic ring is 1. The number of nitrogens with one attached hydrogen (secondary N) is 2. The highest BCUT2D eigenvalue weighted by molar-refractivity contribution is 6.06. The second-order valence-electron chi connectivity index (χ2n) is 6.36. The fraction of sp³-hybridized carbons (Fsp3) is 0.333. The first-order valence-corrected chi connectivity index (χ1v) is 8.22. The van der Waals surface area contributed by atoms with Crippen molar-refractivity contribution in [2.75, 3.05) is 11.1 Å². The molecule has 9 heteroatoms. The Bertz CT molecular complexity index is 891. The SMILES string of the molecule is Cc1cc(=O)n(CC(=O)NC(C)C)c(C)c1C(=O)Nc1ccc(N)nc1.Cl. The number of anilines is 2. The lowest BCUT2D eigenvalue weighted by Crippen LogP contribution is -2.37. The molecule has 2 aromatic heterocycles. The maximum absolute atomic E-state index is 12.7. The van der Waals surface area contributed by atoms with Crippen LogP contribution >= 0.6 is 12.4 Å². The van der Waals surface area contributed by atoms with Crippen molar-refractivity contribution in [1.29, 1.82) is 0 Å². The zero-order chi connectivity index (χ0) is 19.4. The number of pyridine rings is 2. The minimum absolute atomic E-state index is 0. The van der Waals surface area contributed by atoms with E-state index in [9.17, 15) is 14.4 Å². The summed E-state index contributed by atoms with van der Waals surface area (Å²) < 4.78 is 1.29. The molecule has 27 heavy (non-hydrogen) atoms. The molecule has 0 aliphatic rings. The molecule has 0 radical (unpaired) electrons. The highest BCUT2D eigenvalue weighted by atomic mass is 35.5. The number of rotatable bonds is 5. The van der Waals surface area contributed by atoms with Crippen LogP contribution in [-0.2, 0) is 11.3 Å². The molecule has 2 rings (SSSR count). The van der Waals surface area contributed by atoms with E-state index in [1.165, 1.54) is 16.8 Å². The van der Waals surface area contributed by atoms with Crippen molar-refractivity contribution in [2.24, 2.45) is 0 Å². The summed E-state index contributed by atoms with van der Waals surface area (Å²) in [5.74, 6) is -0.326. The standard InChI is InChI=1S/C18H23N5O3.ClH/c1-10(2)21-15(24)9-23-12(4)17(11(3)7-16(23)25)18(26)22-13-5-6-14(19)20-8-13;/h5-8,10H,9H2,1-4H3,(H2,19,20)(H,21,24)(H,22,26);1H. The number of aryl methyl sites for hydroxylation is 1. The molecular formula is C18H24ClN5O3. The second kappa shape index (κ2) is 9.18. The predicted molar refractivity (Wildman–Crippen MR) is 107 cm³/mol. The molecule has 2 amide bonds. The number of carbonyl (C=O) groups is 2. The molecule has 0 bridgehead atoms. The van der Waals surface area contributed by atoms with Crippen molar-refractivity contribution in [2.45, 2.75) is 40.3 Å². The Morgan fingerprint density at radius 2 is 1.93 bits per heavy atom. The lowest BCUT2D eigenvalue weighted by molar-refractivity contribution is -0.122. The molecule has 0 spiro atoms. The van der Waals surface area contributed by atoms with Crippen LogP contribution in [0.5, 0.6) is 0 Å². The Kier molecular flexibility index (Phi) is 7.54. The highest BCUT2D eigenvalue weighted by Gasteiger charge is 2.18. The third-order valence-electron chi connectivity index (χ3n) is 3.79. The molecule has 0 aliphatic heterocycles. The van der Waals surface area contributed by atoms with Gasteiger partial charge in [-0.1, -0.05) is 0 Å². The van der Waals surface area contributed by atoms with Gasteiger partial charge in [0.25, 0.3) is 11.5 Å². The van der Waals surface area contributed by atoms with Crippen LogP contribution in [-0.4, -0.2) is 27.4 Å². The van der Waals surface area contributed by atoms with Crippen LogP contribution in [0.2, 0.25) is 0 Å². The smallest absolute Gasteiger partial charge is 0.257 e. The van der Waals surface area contributed by atoms with E-state index >= 15 is 0 Å². The molecule has 0 saturated carbocycles. The van der Waals surface area contributed by atoms with Gasteiger partial charge in [-0.25, -0.2) is 4.98 Å². The molecule has 4 N–H and O–H groups in total.